The predicted molar refractivity (Wildman–Crippen MR) is 101 cm³/mol. The molecule has 3 rings (SSSR count). The minimum absolute atomic E-state index is 0.472. The van der Waals surface area contributed by atoms with Gasteiger partial charge in [-0.2, -0.15) is 0 Å². The Morgan fingerprint density at radius 3 is 2.19 bits per heavy atom. The van der Waals surface area contributed by atoms with Gasteiger partial charge in [-0.1, -0.05) is 11.8 Å². The molecule has 7 heteroatoms. The van der Waals surface area contributed by atoms with Crippen LogP contribution in [0.15, 0.2) is 53.7 Å². The van der Waals surface area contributed by atoms with Crippen molar-refractivity contribution in [3.8, 4) is 28.6 Å². The summed E-state index contributed by atoms with van der Waals surface area (Å²) in [6.07, 6.45) is 1.37. The van der Waals surface area contributed by atoms with Crippen LogP contribution in [-0.4, -0.2) is 41.0 Å². The number of thioether (sulfide) groups is 1. The number of carbonyl (C=O) groups is 1. The summed E-state index contributed by atoms with van der Waals surface area (Å²) < 4.78 is 12.2. The second-order valence-electron chi connectivity index (χ2n) is 5.36. The molecule has 0 aliphatic carbocycles. The van der Waals surface area contributed by atoms with Gasteiger partial charge in [0.1, 0.15) is 17.8 Å². The number of hydrogen-bond acceptors (Lipinski definition) is 6. The molecule has 0 unspecified atom stereocenters. The fourth-order valence-corrected chi connectivity index (χ4v) is 3.07. The molecule has 0 radical (unpaired) electrons. The lowest BCUT2D eigenvalue weighted by Crippen LogP contribution is -2.00. The Hall–Kier alpha value is -2.80. The number of methoxy groups -OCH3 is 2. The van der Waals surface area contributed by atoms with Crippen LogP contribution < -0.4 is 9.47 Å². The molecule has 0 atom stereocenters. The number of benzene rings is 2. The molecule has 0 N–H and O–H groups in total. The summed E-state index contributed by atoms with van der Waals surface area (Å²) >= 11 is 1.46. The molecule has 3 aromatic rings. The molecule has 0 aliphatic rings. The van der Waals surface area contributed by atoms with Crippen molar-refractivity contribution < 1.29 is 14.3 Å². The van der Waals surface area contributed by atoms with Crippen molar-refractivity contribution in [2.75, 3.05) is 20.0 Å². The van der Waals surface area contributed by atoms with Crippen molar-refractivity contribution in [1.82, 2.24) is 14.8 Å². The zero-order valence-corrected chi connectivity index (χ0v) is 15.4. The Morgan fingerprint density at radius 1 is 1.00 bits per heavy atom. The first-order chi connectivity index (χ1) is 12.7. The second kappa shape index (κ2) is 8.53. The first-order valence-corrected chi connectivity index (χ1v) is 9.06. The molecule has 0 saturated heterocycles. The standard InChI is InChI=1S/C19H19N3O3S/c1-24-16-8-4-14(5-9-16)18-20-19(26-13-3-12-23)21-22(18)15-6-10-17(25-2)11-7-15/h4-12H,3,13H2,1-2H3. The molecule has 0 fully saturated rings. The van der Waals surface area contributed by atoms with E-state index in [-0.39, 0.29) is 0 Å². The lowest BCUT2D eigenvalue weighted by atomic mass is 10.2. The minimum atomic E-state index is 0.472. The van der Waals surface area contributed by atoms with Gasteiger partial charge in [0, 0.05) is 17.7 Å². The van der Waals surface area contributed by atoms with Gasteiger partial charge in [0.2, 0.25) is 5.16 Å². The van der Waals surface area contributed by atoms with Crippen LogP contribution in [0.4, 0.5) is 0 Å². The van der Waals surface area contributed by atoms with Crippen molar-refractivity contribution in [1.29, 1.82) is 0 Å². The summed E-state index contributed by atoms with van der Waals surface area (Å²) in [6, 6.07) is 15.3. The van der Waals surface area contributed by atoms with Crippen molar-refractivity contribution in [3.63, 3.8) is 0 Å². The highest BCUT2D eigenvalue weighted by Gasteiger charge is 2.14. The Labute approximate surface area is 156 Å². The van der Waals surface area contributed by atoms with Crippen molar-refractivity contribution >= 4 is 18.0 Å². The highest BCUT2D eigenvalue weighted by molar-refractivity contribution is 7.99. The number of aldehydes is 1. The summed E-state index contributed by atoms with van der Waals surface area (Å²) in [4.78, 5) is 15.2. The maximum atomic E-state index is 10.5. The molecule has 0 bridgehead atoms. The predicted octanol–water partition coefficient (Wildman–Crippen LogP) is 3.63. The first kappa shape index (κ1) is 18.0. The molecule has 1 heterocycles. The summed E-state index contributed by atoms with van der Waals surface area (Å²) in [5.41, 5.74) is 1.81. The van der Waals surface area contributed by atoms with Crippen molar-refractivity contribution in [3.05, 3.63) is 48.5 Å². The fraction of sp³-hybridized carbons (Fsp3) is 0.211. The molecule has 6 nitrogen and oxygen atoms in total. The maximum Gasteiger partial charge on any atom is 0.209 e. The quantitative estimate of drug-likeness (QED) is 0.343. The van der Waals surface area contributed by atoms with E-state index in [1.54, 1.807) is 18.9 Å². The van der Waals surface area contributed by atoms with E-state index < -0.39 is 0 Å². The summed E-state index contributed by atoms with van der Waals surface area (Å²) in [7, 11) is 3.27. The van der Waals surface area contributed by atoms with E-state index in [2.05, 4.69) is 10.1 Å². The highest BCUT2D eigenvalue weighted by atomic mass is 32.2. The van der Waals surface area contributed by atoms with Crippen LogP contribution in [-0.2, 0) is 4.79 Å². The highest BCUT2D eigenvalue weighted by Crippen LogP contribution is 2.27. The number of ether oxygens (including phenoxy) is 2. The third kappa shape index (κ3) is 4.05. The van der Waals surface area contributed by atoms with Gasteiger partial charge in [0.25, 0.3) is 0 Å². The molecule has 2 aromatic carbocycles. The molecular weight excluding hydrogens is 350 g/mol. The maximum absolute atomic E-state index is 10.5. The van der Waals surface area contributed by atoms with Crippen LogP contribution in [0.5, 0.6) is 11.5 Å². The van der Waals surface area contributed by atoms with Crippen LogP contribution in [0, 0.1) is 0 Å². The van der Waals surface area contributed by atoms with Gasteiger partial charge in [0.15, 0.2) is 5.82 Å². The zero-order chi connectivity index (χ0) is 18.4. The van der Waals surface area contributed by atoms with E-state index in [1.165, 1.54) is 11.8 Å². The molecule has 1 aromatic heterocycles. The number of rotatable bonds is 8. The molecule has 134 valence electrons. The third-order valence-electron chi connectivity index (χ3n) is 3.72. The average Bonchev–Trinajstić information content (AvgIpc) is 3.12. The third-order valence-corrected chi connectivity index (χ3v) is 4.59. The van der Waals surface area contributed by atoms with Crippen molar-refractivity contribution in [2.45, 2.75) is 11.6 Å². The summed E-state index contributed by atoms with van der Waals surface area (Å²) in [5, 5.41) is 5.24. The number of hydrogen-bond donors (Lipinski definition) is 0. The van der Waals surface area contributed by atoms with Gasteiger partial charge < -0.3 is 14.3 Å². The SMILES string of the molecule is COc1ccc(-c2nc(SCCC=O)nn2-c2ccc(OC)cc2)cc1. The van der Waals surface area contributed by atoms with Gasteiger partial charge in [-0.05, 0) is 48.5 Å². The lowest BCUT2D eigenvalue weighted by molar-refractivity contribution is -0.107. The molecular formula is C19H19N3O3S. The second-order valence-corrected chi connectivity index (χ2v) is 6.42. The fourth-order valence-electron chi connectivity index (χ4n) is 2.38. The van der Waals surface area contributed by atoms with E-state index in [9.17, 15) is 4.79 Å². The Balaban J connectivity index is 1.99. The Bertz CT molecular complexity index is 796. The van der Waals surface area contributed by atoms with Crippen LogP contribution in [0.2, 0.25) is 0 Å². The number of carbonyl (C=O) groups excluding carboxylic acids is 1. The smallest absolute Gasteiger partial charge is 0.209 e. The van der Waals surface area contributed by atoms with E-state index >= 15 is 0 Å². The molecule has 0 amide bonds. The monoisotopic (exact) mass is 369 g/mol. The molecule has 0 aliphatic heterocycles. The van der Waals surface area contributed by atoms with Crippen molar-refractivity contribution in [2.24, 2.45) is 0 Å². The Morgan fingerprint density at radius 2 is 1.62 bits per heavy atom. The molecule has 0 saturated carbocycles. The largest absolute Gasteiger partial charge is 0.497 e. The zero-order valence-electron chi connectivity index (χ0n) is 14.6. The average molecular weight is 369 g/mol. The van der Waals surface area contributed by atoms with Gasteiger partial charge in [0.05, 0.1) is 19.9 Å². The number of aromatic nitrogens is 3. The molecule has 0 spiro atoms. The van der Waals surface area contributed by atoms with Crippen LogP contribution in [0.1, 0.15) is 6.42 Å². The first-order valence-electron chi connectivity index (χ1n) is 8.07. The van der Waals surface area contributed by atoms with E-state index in [1.807, 2.05) is 48.5 Å². The summed E-state index contributed by atoms with van der Waals surface area (Å²) in [5.74, 6) is 2.94. The van der Waals surface area contributed by atoms with Crippen LogP contribution in [0.25, 0.3) is 17.1 Å². The molecule has 26 heavy (non-hydrogen) atoms. The van der Waals surface area contributed by atoms with Crippen LogP contribution in [0.3, 0.4) is 0 Å². The van der Waals surface area contributed by atoms with Gasteiger partial charge in [-0.15, -0.1) is 5.10 Å². The Kier molecular flexibility index (Phi) is 5.91. The van der Waals surface area contributed by atoms with Gasteiger partial charge in [-0.3, -0.25) is 0 Å². The van der Waals surface area contributed by atoms with Crippen LogP contribution >= 0.6 is 11.8 Å². The summed E-state index contributed by atoms with van der Waals surface area (Å²) in [6.45, 7) is 0. The van der Waals surface area contributed by atoms with Gasteiger partial charge >= 0.3 is 0 Å². The number of nitrogens with zero attached hydrogens (tertiary/aromatic N) is 3. The minimum Gasteiger partial charge on any atom is -0.497 e. The lowest BCUT2D eigenvalue weighted by Gasteiger charge is -2.07. The normalized spacial score (nSPS) is 10.5. The van der Waals surface area contributed by atoms with E-state index in [0.717, 1.165) is 34.9 Å². The van der Waals surface area contributed by atoms with E-state index in [0.29, 0.717) is 17.3 Å². The topological polar surface area (TPSA) is 66.2 Å². The van der Waals surface area contributed by atoms with Gasteiger partial charge in [-0.25, -0.2) is 9.67 Å². The van der Waals surface area contributed by atoms with E-state index in [4.69, 9.17) is 9.47 Å².